The van der Waals surface area contributed by atoms with Crippen LogP contribution in [0.25, 0.3) is 0 Å². The smallest absolute Gasteiger partial charge is 0.237 e. The van der Waals surface area contributed by atoms with Crippen LogP contribution in [0.3, 0.4) is 0 Å². The van der Waals surface area contributed by atoms with Crippen LogP contribution in [0.1, 0.15) is 31.6 Å². The molecule has 6 nitrogen and oxygen atoms in total. The maximum absolute atomic E-state index is 12.8. The molecule has 1 aromatic rings. The Kier molecular flexibility index (Phi) is 4.71. The lowest BCUT2D eigenvalue weighted by atomic mass is 9.91. The molecule has 2 unspecified atom stereocenters. The number of hydrogen-bond donors (Lipinski definition) is 0. The lowest BCUT2D eigenvalue weighted by Crippen LogP contribution is -2.52. The van der Waals surface area contributed by atoms with E-state index in [1.165, 1.54) is 0 Å². The van der Waals surface area contributed by atoms with Crippen LogP contribution in [0.2, 0.25) is 0 Å². The Bertz CT molecular complexity index is 557. The van der Waals surface area contributed by atoms with Crippen molar-refractivity contribution in [3.63, 3.8) is 0 Å². The summed E-state index contributed by atoms with van der Waals surface area (Å²) in [5.74, 6) is 1.62. The summed E-state index contributed by atoms with van der Waals surface area (Å²) in [5, 5.41) is 0. The topological polar surface area (TPSA) is 57.0 Å². The van der Waals surface area contributed by atoms with E-state index in [0.717, 1.165) is 31.7 Å². The summed E-state index contributed by atoms with van der Waals surface area (Å²) in [6.07, 6.45) is 3.61. The number of likely N-dealkylation sites (tertiary alicyclic amines) is 1. The largest absolute Gasteiger partial charge is 0.467 e. The van der Waals surface area contributed by atoms with Gasteiger partial charge in [0.2, 0.25) is 11.8 Å². The fourth-order valence-electron chi connectivity index (χ4n) is 3.41. The predicted octanol–water partition coefficient (Wildman–Crippen LogP) is 1.35. The lowest BCUT2D eigenvalue weighted by molar-refractivity contribution is -0.141. The van der Waals surface area contributed by atoms with Gasteiger partial charge >= 0.3 is 0 Å². The van der Waals surface area contributed by atoms with E-state index in [1.54, 1.807) is 18.2 Å². The van der Waals surface area contributed by atoms with Gasteiger partial charge in [-0.05, 0) is 30.9 Å². The normalized spacial score (nSPS) is 26.6. The van der Waals surface area contributed by atoms with Crippen molar-refractivity contribution in [1.82, 2.24) is 14.7 Å². The van der Waals surface area contributed by atoms with E-state index in [-0.39, 0.29) is 17.9 Å². The molecule has 2 aliphatic rings. The summed E-state index contributed by atoms with van der Waals surface area (Å²) in [7, 11) is 1.81. The van der Waals surface area contributed by atoms with Gasteiger partial charge in [0, 0.05) is 26.7 Å². The number of rotatable bonds is 3. The Morgan fingerprint density at radius 3 is 2.87 bits per heavy atom. The molecule has 2 fully saturated rings. The van der Waals surface area contributed by atoms with E-state index >= 15 is 0 Å². The van der Waals surface area contributed by atoms with E-state index in [2.05, 4.69) is 6.92 Å². The highest BCUT2D eigenvalue weighted by atomic mass is 16.3. The monoisotopic (exact) mass is 319 g/mol. The van der Waals surface area contributed by atoms with Crippen LogP contribution < -0.4 is 0 Å². The first kappa shape index (κ1) is 16.1. The predicted molar refractivity (Wildman–Crippen MR) is 85.6 cm³/mol. The summed E-state index contributed by atoms with van der Waals surface area (Å²) < 4.78 is 5.55. The van der Waals surface area contributed by atoms with Crippen molar-refractivity contribution in [2.75, 3.05) is 39.8 Å². The number of piperazine rings is 1. The summed E-state index contributed by atoms with van der Waals surface area (Å²) >= 11 is 0. The molecule has 3 rings (SSSR count). The van der Waals surface area contributed by atoms with Crippen LogP contribution in [0.5, 0.6) is 0 Å². The number of nitrogens with zero attached hydrogens (tertiary/aromatic N) is 3. The molecular formula is C17H25N3O3. The van der Waals surface area contributed by atoms with Crippen molar-refractivity contribution in [3.05, 3.63) is 24.2 Å². The van der Waals surface area contributed by atoms with Crippen LogP contribution >= 0.6 is 0 Å². The highest BCUT2D eigenvalue weighted by Crippen LogP contribution is 2.34. The Hall–Kier alpha value is -1.82. The second-order valence-corrected chi connectivity index (χ2v) is 6.77. The molecule has 1 aromatic heterocycles. The molecule has 2 atom stereocenters. The summed E-state index contributed by atoms with van der Waals surface area (Å²) in [6.45, 7) is 5.06. The maximum Gasteiger partial charge on any atom is 0.237 e. The lowest BCUT2D eigenvalue weighted by Gasteiger charge is -2.39. The van der Waals surface area contributed by atoms with Crippen molar-refractivity contribution in [3.8, 4) is 0 Å². The van der Waals surface area contributed by atoms with Gasteiger partial charge in [-0.1, -0.05) is 6.92 Å². The van der Waals surface area contributed by atoms with Gasteiger partial charge < -0.3 is 14.2 Å². The van der Waals surface area contributed by atoms with E-state index in [9.17, 15) is 9.59 Å². The average molecular weight is 319 g/mol. The molecule has 0 aliphatic carbocycles. The number of hydrogen-bond acceptors (Lipinski definition) is 4. The number of amides is 2. The second-order valence-electron chi connectivity index (χ2n) is 6.77. The van der Waals surface area contributed by atoms with Gasteiger partial charge in [0.15, 0.2) is 0 Å². The molecule has 0 N–H and O–H groups in total. The summed E-state index contributed by atoms with van der Waals surface area (Å²) in [5.41, 5.74) is 0. The maximum atomic E-state index is 12.8. The fraction of sp³-hybridized carbons (Fsp3) is 0.647. The SMILES string of the molecule is CC1CCN(C(=O)CN2CCN(C)C(=O)C2)C(c2ccco2)C1. The van der Waals surface area contributed by atoms with Gasteiger partial charge in [-0.2, -0.15) is 0 Å². The third kappa shape index (κ3) is 3.58. The Labute approximate surface area is 137 Å². The van der Waals surface area contributed by atoms with Crippen molar-refractivity contribution in [2.24, 2.45) is 5.92 Å². The molecule has 23 heavy (non-hydrogen) atoms. The number of carbonyl (C=O) groups excluding carboxylic acids is 2. The average Bonchev–Trinajstić information content (AvgIpc) is 3.05. The minimum atomic E-state index is 0.0180. The van der Waals surface area contributed by atoms with Crippen molar-refractivity contribution < 1.29 is 14.0 Å². The van der Waals surface area contributed by atoms with Gasteiger partial charge in [-0.3, -0.25) is 14.5 Å². The molecular weight excluding hydrogens is 294 g/mol. The highest BCUT2D eigenvalue weighted by Gasteiger charge is 2.34. The molecule has 2 saturated heterocycles. The quantitative estimate of drug-likeness (QED) is 0.844. The van der Waals surface area contributed by atoms with Crippen LogP contribution in [-0.4, -0.2) is 66.3 Å². The molecule has 6 heteroatoms. The van der Waals surface area contributed by atoms with Gasteiger partial charge in [0.05, 0.1) is 25.4 Å². The second kappa shape index (κ2) is 6.74. The summed E-state index contributed by atoms with van der Waals surface area (Å²) in [4.78, 5) is 30.2. The molecule has 2 amide bonds. The number of likely N-dealkylation sites (N-methyl/N-ethyl adjacent to an activating group) is 1. The van der Waals surface area contributed by atoms with Crippen LogP contribution in [-0.2, 0) is 9.59 Å². The molecule has 126 valence electrons. The van der Waals surface area contributed by atoms with Crippen molar-refractivity contribution in [2.45, 2.75) is 25.8 Å². The van der Waals surface area contributed by atoms with Gasteiger partial charge in [-0.15, -0.1) is 0 Å². The van der Waals surface area contributed by atoms with E-state index < -0.39 is 0 Å². The molecule has 0 aromatic carbocycles. The Morgan fingerprint density at radius 1 is 1.35 bits per heavy atom. The zero-order valence-electron chi connectivity index (χ0n) is 13.9. The fourth-order valence-corrected chi connectivity index (χ4v) is 3.41. The minimum absolute atomic E-state index is 0.0180. The highest BCUT2D eigenvalue weighted by molar-refractivity contribution is 5.82. The van der Waals surface area contributed by atoms with Crippen LogP contribution in [0, 0.1) is 5.92 Å². The van der Waals surface area contributed by atoms with E-state index in [0.29, 0.717) is 25.6 Å². The third-order valence-corrected chi connectivity index (χ3v) is 4.95. The van der Waals surface area contributed by atoms with Crippen molar-refractivity contribution >= 4 is 11.8 Å². The molecule has 2 aliphatic heterocycles. The first-order valence-electron chi connectivity index (χ1n) is 8.34. The molecule has 3 heterocycles. The van der Waals surface area contributed by atoms with Crippen LogP contribution in [0.15, 0.2) is 22.8 Å². The van der Waals surface area contributed by atoms with Gasteiger partial charge in [0.25, 0.3) is 0 Å². The molecule has 0 spiro atoms. The molecule has 0 radical (unpaired) electrons. The van der Waals surface area contributed by atoms with E-state index in [4.69, 9.17) is 4.42 Å². The molecule has 0 bridgehead atoms. The number of piperidine rings is 1. The minimum Gasteiger partial charge on any atom is -0.467 e. The van der Waals surface area contributed by atoms with Gasteiger partial charge in [0.1, 0.15) is 5.76 Å². The Morgan fingerprint density at radius 2 is 2.17 bits per heavy atom. The Balaban J connectivity index is 1.66. The number of furan rings is 1. The first-order valence-corrected chi connectivity index (χ1v) is 8.34. The van der Waals surface area contributed by atoms with E-state index in [1.807, 2.05) is 21.9 Å². The van der Waals surface area contributed by atoms with Crippen molar-refractivity contribution in [1.29, 1.82) is 0 Å². The zero-order valence-corrected chi connectivity index (χ0v) is 13.9. The standard InChI is InChI=1S/C17H25N3O3/c1-13-5-6-20(14(10-13)15-4-3-9-23-15)17(22)12-19-8-7-18(2)16(21)11-19/h3-4,9,13-14H,5-8,10-12H2,1-2H3. The van der Waals surface area contributed by atoms with Crippen LogP contribution in [0.4, 0.5) is 0 Å². The third-order valence-electron chi connectivity index (χ3n) is 4.95. The molecule has 0 saturated carbocycles. The zero-order chi connectivity index (χ0) is 16.4. The first-order chi connectivity index (χ1) is 11.0. The number of carbonyl (C=O) groups is 2. The summed E-state index contributed by atoms with van der Waals surface area (Å²) in [6, 6.07) is 3.84. The van der Waals surface area contributed by atoms with Gasteiger partial charge in [-0.25, -0.2) is 0 Å².